The molecule has 3 aliphatic heterocycles. The summed E-state index contributed by atoms with van der Waals surface area (Å²) in [6, 6.07) is 18.5. The molecule has 3 aromatic rings. The molecule has 0 bridgehead atoms. The average molecular weight is 426 g/mol. The van der Waals surface area contributed by atoms with Crippen LogP contribution in [0.2, 0.25) is 0 Å². The monoisotopic (exact) mass is 426 g/mol. The van der Waals surface area contributed by atoms with Gasteiger partial charge in [0.15, 0.2) is 17.3 Å². The Morgan fingerprint density at radius 1 is 0.812 bits per heavy atom. The van der Waals surface area contributed by atoms with Gasteiger partial charge in [-0.1, -0.05) is 36.4 Å². The lowest BCUT2D eigenvalue weighted by atomic mass is 9.84. The van der Waals surface area contributed by atoms with Crippen LogP contribution in [0.3, 0.4) is 0 Å². The van der Waals surface area contributed by atoms with Gasteiger partial charge >= 0.3 is 5.97 Å². The van der Waals surface area contributed by atoms with Crippen molar-refractivity contribution >= 4 is 17.8 Å². The number of hydrogen-bond acceptors (Lipinski definition) is 6. The minimum Gasteiger partial charge on any atom is -0.486 e. The molecule has 6 nitrogen and oxygen atoms in total. The fourth-order valence-electron chi connectivity index (χ4n) is 4.37. The number of Topliss-reactive ketones (excluding diaryl/α,β-unsaturated/α-hetero) is 1. The van der Waals surface area contributed by atoms with E-state index in [9.17, 15) is 9.59 Å². The smallest absolute Gasteiger partial charge is 0.312 e. The van der Waals surface area contributed by atoms with E-state index >= 15 is 0 Å². The summed E-state index contributed by atoms with van der Waals surface area (Å²) in [5.41, 5.74) is 2.90. The summed E-state index contributed by atoms with van der Waals surface area (Å²) in [4.78, 5) is 25.4. The molecule has 1 unspecified atom stereocenters. The van der Waals surface area contributed by atoms with Crippen LogP contribution in [0.1, 0.15) is 39.4 Å². The first-order valence-electron chi connectivity index (χ1n) is 10.4. The molecular formula is C26H18O6. The second-order valence-electron chi connectivity index (χ2n) is 7.84. The predicted octanol–water partition coefficient (Wildman–Crippen LogP) is 4.52. The number of benzene rings is 3. The summed E-state index contributed by atoms with van der Waals surface area (Å²) in [5, 5.41) is 0. The molecule has 1 atom stereocenters. The zero-order valence-corrected chi connectivity index (χ0v) is 17.0. The van der Waals surface area contributed by atoms with Crippen molar-refractivity contribution in [1.82, 2.24) is 0 Å². The molecule has 3 heterocycles. The third-order valence-electron chi connectivity index (χ3n) is 5.85. The molecule has 0 fully saturated rings. The van der Waals surface area contributed by atoms with E-state index in [-0.39, 0.29) is 29.9 Å². The maximum Gasteiger partial charge on any atom is 0.312 e. The molecule has 158 valence electrons. The molecule has 32 heavy (non-hydrogen) atoms. The summed E-state index contributed by atoms with van der Waals surface area (Å²) < 4.78 is 22.9. The number of ketones is 1. The van der Waals surface area contributed by atoms with Gasteiger partial charge in [-0.3, -0.25) is 9.59 Å². The van der Waals surface area contributed by atoms with Gasteiger partial charge < -0.3 is 18.9 Å². The second kappa shape index (κ2) is 7.27. The van der Waals surface area contributed by atoms with Crippen molar-refractivity contribution in [3.8, 4) is 23.0 Å². The first-order valence-corrected chi connectivity index (χ1v) is 10.4. The average Bonchev–Trinajstić information content (AvgIpc) is 3.14. The normalized spacial score (nSPS) is 19.8. The number of fused-ring (bicyclic) bond motifs is 4. The highest BCUT2D eigenvalue weighted by atomic mass is 16.6. The highest BCUT2D eigenvalue weighted by Crippen LogP contribution is 2.49. The number of rotatable bonds is 2. The Morgan fingerprint density at radius 2 is 1.59 bits per heavy atom. The van der Waals surface area contributed by atoms with Gasteiger partial charge in [-0.25, -0.2) is 0 Å². The second-order valence-corrected chi connectivity index (χ2v) is 7.84. The molecule has 0 saturated carbocycles. The van der Waals surface area contributed by atoms with Crippen LogP contribution in [0, 0.1) is 0 Å². The topological polar surface area (TPSA) is 71.1 Å². The lowest BCUT2D eigenvalue weighted by molar-refractivity contribution is -0.135. The molecule has 0 radical (unpaired) electrons. The number of hydrogen-bond donors (Lipinski definition) is 0. The summed E-state index contributed by atoms with van der Waals surface area (Å²) in [7, 11) is 0. The fourth-order valence-corrected chi connectivity index (χ4v) is 4.37. The molecular weight excluding hydrogens is 408 g/mol. The number of ether oxygens (including phenoxy) is 4. The van der Waals surface area contributed by atoms with Crippen LogP contribution < -0.4 is 18.9 Å². The largest absolute Gasteiger partial charge is 0.486 e. The number of allylic oxidation sites excluding steroid dienone is 1. The Hall–Kier alpha value is -4.06. The highest BCUT2D eigenvalue weighted by Gasteiger charge is 2.38. The lowest BCUT2D eigenvalue weighted by Gasteiger charge is -2.27. The van der Waals surface area contributed by atoms with E-state index in [2.05, 4.69) is 0 Å². The van der Waals surface area contributed by atoms with Gasteiger partial charge in [-0.05, 0) is 41.5 Å². The summed E-state index contributed by atoms with van der Waals surface area (Å²) in [6.07, 6.45) is 1.86. The molecule has 0 saturated heterocycles. The minimum atomic E-state index is -0.332. The molecule has 0 aliphatic carbocycles. The van der Waals surface area contributed by atoms with E-state index in [0.29, 0.717) is 47.3 Å². The summed E-state index contributed by atoms with van der Waals surface area (Å²) in [5.74, 6) is 1.57. The molecule has 6 heteroatoms. The molecule has 0 N–H and O–H groups in total. The van der Waals surface area contributed by atoms with Crippen LogP contribution in [0.25, 0.3) is 6.08 Å². The Labute approximate surface area is 184 Å². The summed E-state index contributed by atoms with van der Waals surface area (Å²) in [6.45, 7) is 0.978. The molecule has 3 aliphatic rings. The van der Waals surface area contributed by atoms with Crippen LogP contribution in [-0.4, -0.2) is 25.0 Å². The zero-order chi connectivity index (χ0) is 21.7. The van der Waals surface area contributed by atoms with Gasteiger partial charge in [0.05, 0.1) is 12.0 Å². The van der Waals surface area contributed by atoms with Gasteiger partial charge in [0.2, 0.25) is 5.78 Å². The van der Waals surface area contributed by atoms with E-state index in [1.807, 2.05) is 48.5 Å². The van der Waals surface area contributed by atoms with Crippen molar-refractivity contribution < 1.29 is 28.5 Å². The number of esters is 1. The Balaban J connectivity index is 1.45. The van der Waals surface area contributed by atoms with E-state index in [4.69, 9.17) is 18.9 Å². The van der Waals surface area contributed by atoms with Crippen LogP contribution in [0.5, 0.6) is 23.0 Å². The standard InChI is InChI=1S/C26H18O6/c27-23-14-18(16-6-8-19-21(13-16)30-11-10-29-19)24-20(31-23)9-7-17-25(28)22(32-26(17)24)12-15-4-2-1-3-5-15/h1-9,12-13,18H,10-11,14H2/b22-12-. The molecule has 3 aromatic carbocycles. The lowest BCUT2D eigenvalue weighted by Crippen LogP contribution is -2.22. The van der Waals surface area contributed by atoms with Crippen LogP contribution in [-0.2, 0) is 4.79 Å². The van der Waals surface area contributed by atoms with Crippen LogP contribution in [0.15, 0.2) is 66.4 Å². The molecule has 0 aromatic heterocycles. The third kappa shape index (κ3) is 3.03. The molecule has 6 rings (SSSR count). The van der Waals surface area contributed by atoms with E-state index < -0.39 is 0 Å². The van der Waals surface area contributed by atoms with Gasteiger partial charge in [0.1, 0.15) is 24.7 Å². The Morgan fingerprint density at radius 3 is 2.44 bits per heavy atom. The summed E-state index contributed by atoms with van der Waals surface area (Å²) >= 11 is 0. The maximum atomic E-state index is 13.0. The van der Waals surface area contributed by atoms with E-state index in [1.165, 1.54) is 0 Å². The first kappa shape index (κ1) is 18.7. The van der Waals surface area contributed by atoms with E-state index in [0.717, 1.165) is 11.1 Å². The minimum absolute atomic E-state index is 0.137. The van der Waals surface area contributed by atoms with Crippen molar-refractivity contribution in [3.63, 3.8) is 0 Å². The van der Waals surface area contributed by atoms with E-state index in [1.54, 1.807) is 18.2 Å². The van der Waals surface area contributed by atoms with Crippen molar-refractivity contribution in [3.05, 3.63) is 88.7 Å². The Bertz CT molecular complexity index is 1290. The quantitative estimate of drug-likeness (QED) is 0.341. The Kier molecular flexibility index (Phi) is 4.24. The zero-order valence-electron chi connectivity index (χ0n) is 17.0. The van der Waals surface area contributed by atoms with Crippen molar-refractivity contribution in [1.29, 1.82) is 0 Å². The number of carbonyl (C=O) groups is 2. The highest BCUT2D eigenvalue weighted by molar-refractivity contribution is 6.15. The van der Waals surface area contributed by atoms with Gasteiger partial charge in [-0.15, -0.1) is 0 Å². The third-order valence-corrected chi connectivity index (χ3v) is 5.85. The van der Waals surface area contributed by atoms with Crippen LogP contribution in [0.4, 0.5) is 0 Å². The van der Waals surface area contributed by atoms with Gasteiger partial charge in [0, 0.05) is 11.5 Å². The molecule has 0 amide bonds. The van der Waals surface area contributed by atoms with Crippen LogP contribution >= 0.6 is 0 Å². The number of carbonyl (C=O) groups excluding carboxylic acids is 2. The van der Waals surface area contributed by atoms with Gasteiger partial charge in [0.25, 0.3) is 0 Å². The van der Waals surface area contributed by atoms with Crippen molar-refractivity contribution in [2.45, 2.75) is 12.3 Å². The van der Waals surface area contributed by atoms with Gasteiger partial charge in [-0.2, -0.15) is 0 Å². The molecule has 0 spiro atoms. The SMILES string of the molecule is O=C1CC(c2ccc3c(c2)OCCO3)c2c(ccc3c2O/C(=C\c2ccccc2)C3=O)O1. The first-order chi connectivity index (χ1) is 15.7. The van der Waals surface area contributed by atoms with Crippen molar-refractivity contribution in [2.75, 3.05) is 13.2 Å². The fraction of sp³-hybridized carbons (Fsp3) is 0.154. The predicted molar refractivity (Wildman–Crippen MR) is 115 cm³/mol. The maximum absolute atomic E-state index is 13.0. The van der Waals surface area contributed by atoms with Crippen molar-refractivity contribution in [2.24, 2.45) is 0 Å².